The molecule has 0 aliphatic carbocycles. The summed E-state index contributed by atoms with van der Waals surface area (Å²) in [6, 6.07) is 12.8. The van der Waals surface area contributed by atoms with Gasteiger partial charge in [0.25, 0.3) is 5.91 Å². The predicted octanol–water partition coefficient (Wildman–Crippen LogP) is 4.42. The van der Waals surface area contributed by atoms with Gasteiger partial charge in [-0.2, -0.15) is 0 Å². The maximum Gasteiger partial charge on any atom is 0.254 e. The lowest BCUT2D eigenvalue weighted by Crippen LogP contribution is -2.43. The van der Waals surface area contributed by atoms with Crippen molar-refractivity contribution in [1.29, 1.82) is 0 Å². The van der Waals surface area contributed by atoms with Gasteiger partial charge in [-0.25, -0.2) is 0 Å². The van der Waals surface area contributed by atoms with Crippen molar-refractivity contribution in [1.82, 2.24) is 4.90 Å². The summed E-state index contributed by atoms with van der Waals surface area (Å²) in [6.45, 7) is 11.1. The molecular formula is C23H27NO3. The highest BCUT2D eigenvalue weighted by molar-refractivity contribution is 6.00. The van der Waals surface area contributed by atoms with Gasteiger partial charge in [0, 0.05) is 18.2 Å². The molecule has 1 N–H and O–H groups in total. The number of ketones is 1. The quantitative estimate of drug-likeness (QED) is 0.771. The van der Waals surface area contributed by atoms with Crippen molar-refractivity contribution in [2.24, 2.45) is 0 Å². The Labute approximate surface area is 161 Å². The molecule has 2 aromatic rings. The van der Waals surface area contributed by atoms with Crippen LogP contribution in [0.15, 0.2) is 49.0 Å². The number of amides is 1. The summed E-state index contributed by atoms with van der Waals surface area (Å²) in [4.78, 5) is 26.6. The molecular weight excluding hydrogens is 338 g/mol. The first-order chi connectivity index (χ1) is 12.6. The number of hydrogen-bond donors (Lipinski definition) is 1. The van der Waals surface area contributed by atoms with E-state index >= 15 is 0 Å². The van der Waals surface area contributed by atoms with E-state index in [0.29, 0.717) is 16.7 Å². The van der Waals surface area contributed by atoms with Crippen LogP contribution in [0.25, 0.3) is 5.57 Å². The van der Waals surface area contributed by atoms with Crippen LogP contribution in [0.1, 0.15) is 65.1 Å². The third kappa shape index (κ3) is 4.17. The SMILES string of the molecule is C=C(C)c1cccc(C(C)(C)N(C)C(=O)c2cc(C(C)=O)ccc2CO)c1. The summed E-state index contributed by atoms with van der Waals surface area (Å²) in [5.41, 5.74) is 3.66. The normalized spacial score (nSPS) is 11.2. The van der Waals surface area contributed by atoms with E-state index in [-0.39, 0.29) is 18.3 Å². The lowest BCUT2D eigenvalue weighted by molar-refractivity contribution is 0.0619. The van der Waals surface area contributed by atoms with Gasteiger partial charge in [0.15, 0.2) is 5.78 Å². The molecule has 0 aliphatic heterocycles. The minimum atomic E-state index is -0.596. The molecule has 0 aliphatic rings. The van der Waals surface area contributed by atoms with Crippen LogP contribution in [0.5, 0.6) is 0 Å². The first-order valence-electron chi connectivity index (χ1n) is 8.89. The number of hydrogen-bond acceptors (Lipinski definition) is 3. The summed E-state index contributed by atoms with van der Waals surface area (Å²) in [5.74, 6) is -0.363. The molecule has 0 bridgehead atoms. The van der Waals surface area contributed by atoms with E-state index in [9.17, 15) is 14.7 Å². The third-order valence-electron chi connectivity index (χ3n) is 5.12. The van der Waals surface area contributed by atoms with Gasteiger partial charge in [0.1, 0.15) is 0 Å². The van der Waals surface area contributed by atoms with E-state index < -0.39 is 5.54 Å². The van der Waals surface area contributed by atoms with Gasteiger partial charge in [-0.05, 0) is 56.5 Å². The zero-order valence-corrected chi connectivity index (χ0v) is 16.7. The summed E-state index contributed by atoms with van der Waals surface area (Å²) in [6.07, 6.45) is 0. The average molecular weight is 365 g/mol. The van der Waals surface area contributed by atoms with E-state index in [1.165, 1.54) is 6.92 Å². The molecule has 0 heterocycles. The maximum atomic E-state index is 13.2. The lowest BCUT2D eigenvalue weighted by Gasteiger charge is -2.37. The molecule has 0 radical (unpaired) electrons. The van der Waals surface area contributed by atoms with Crippen LogP contribution in [0.3, 0.4) is 0 Å². The number of carbonyl (C=O) groups is 2. The smallest absolute Gasteiger partial charge is 0.254 e. The molecule has 142 valence electrons. The Morgan fingerprint density at radius 3 is 2.30 bits per heavy atom. The average Bonchev–Trinajstić information content (AvgIpc) is 2.66. The van der Waals surface area contributed by atoms with Crippen molar-refractivity contribution >= 4 is 17.3 Å². The standard InChI is InChI=1S/C23H27NO3/c1-15(2)17-8-7-9-20(12-17)23(4,5)24(6)22(27)21-13-18(16(3)26)10-11-19(21)14-25/h7-13,25H,1,14H2,2-6H3. The van der Waals surface area contributed by atoms with Crippen LogP contribution < -0.4 is 0 Å². The Morgan fingerprint density at radius 1 is 1.07 bits per heavy atom. The number of rotatable bonds is 6. The molecule has 0 fully saturated rings. The third-order valence-corrected chi connectivity index (χ3v) is 5.12. The highest BCUT2D eigenvalue weighted by Gasteiger charge is 2.31. The maximum absolute atomic E-state index is 13.2. The Bertz CT molecular complexity index is 896. The monoisotopic (exact) mass is 365 g/mol. The molecule has 27 heavy (non-hydrogen) atoms. The Hall–Kier alpha value is -2.72. The van der Waals surface area contributed by atoms with Gasteiger partial charge in [0.2, 0.25) is 0 Å². The molecule has 0 aromatic heterocycles. The van der Waals surface area contributed by atoms with Crippen LogP contribution in [-0.4, -0.2) is 28.7 Å². The zero-order chi connectivity index (χ0) is 20.4. The predicted molar refractivity (Wildman–Crippen MR) is 109 cm³/mol. The number of allylic oxidation sites excluding steroid dienone is 1. The van der Waals surface area contributed by atoms with Crippen molar-refractivity contribution in [3.05, 3.63) is 76.9 Å². The van der Waals surface area contributed by atoms with Crippen molar-refractivity contribution < 1.29 is 14.7 Å². The molecule has 4 nitrogen and oxygen atoms in total. The Balaban J connectivity index is 2.47. The van der Waals surface area contributed by atoms with Gasteiger partial charge in [-0.1, -0.05) is 42.5 Å². The molecule has 2 rings (SSSR count). The van der Waals surface area contributed by atoms with E-state index in [4.69, 9.17) is 0 Å². The number of aliphatic hydroxyl groups is 1. The lowest BCUT2D eigenvalue weighted by atomic mass is 9.89. The molecule has 0 unspecified atom stereocenters. The van der Waals surface area contributed by atoms with Crippen LogP contribution in [0.2, 0.25) is 0 Å². The molecule has 2 aromatic carbocycles. The summed E-state index contributed by atoms with van der Waals surface area (Å²) < 4.78 is 0. The Kier molecular flexibility index (Phi) is 6.01. The fourth-order valence-corrected chi connectivity index (χ4v) is 2.93. The number of benzene rings is 2. The number of aliphatic hydroxyl groups excluding tert-OH is 1. The van der Waals surface area contributed by atoms with Crippen molar-refractivity contribution in [3.8, 4) is 0 Å². The first kappa shape index (κ1) is 20.6. The second-order valence-corrected chi connectivity index (χ2v) is 7.37. The van der Waals surface area contributed by atoms with Gasteiger partial charge in [0.05, 0.1) is 12.1 Å². The second kappa shape index (κ2) is 7.89. The molecule has 1 amide bonds. The Morgan fingerprint density at radius 2 is 1.74 bits per heavy atom. The van der Waals surface area contributed by atoms with Crippen LogP contribution in [0.4, 0.5) is 0 Å². The molecule has 4 heteroatoms. The first-order valence-corrected chi connectivity index (χ1v) is 8.89. The topological polar surface area (TPSA) is 57.6 Å². The van der Waals surface area contributed by atoms with Gasteiger partial charge < -0.3 is 10.0 Å². The molecule has 0 spiro atoms. The summed E-state index contributed by atoms with van der Waals surface area (Å²) in [5, 5.41) is 9.63. The van der Waals surface area contributed by atoms with Crippen molar-refractivity contribution in [2.75, 3.05) is 7.05 Å². The molecule has 0 saturated carbocycles. The largest absolute Gasteiger partial charge is 0.392 e. The number of Topliss-reactive ketones (excluding diaryl/α,β-unsaturated/α-hetero) is 1. The highest BCUT2D eigenvalue weighted by Crippen LogP contribution is 2.30. The number of nitrogens with zero attached hydrogens (tertiary/aromatic N) is 1. The van der Waals surface area contributed by atoms with Gasteiger partial charge in [-0.15, -0.1) is 0 Å². The van der Waals surface area contributed by atoms with Crippen molar-refractivity contribution in [3.63, 3.8) is 0 Å². The minimum absolute atomic E-state index is 0.121. The van der Waals surface area contributed by atoms with E-state index in [0.717, 1.165) is 16.7 Å². The zero-order valence-electron chi connectivity index (χ0n) is 16.7. The van der Waals surface area contributed by atoms with E-state index in [1.807, 2.05) is 45.0 Å². The fourth-order valence-electron chi connectivity index (χ4n) is 2.93. The summed E-state index contributed by atoms with van der Waals surface area (Å²) >= 11 is 0. The van der Waals surface area contributed by atoms with E-state index in [2.05, 4.69) is 6.58 Å². The highest BCUT2D eigenvalue weighted by atomic mass is 16.3. The van der Waals surface area contributed by atoms with Gasteiger partial charge >= 0.3 is 0 Å². The second-order valence-electron chi connectivity index (χ2n) is 7.37. The van der Waals surface area contributed by atoms with E-state index in [1.54, 1.807) is 30.1 Å². The van der Waals surface area contributed by atoms with Crippen LogP contribution in [0, 0.1) is 0 Å². The minimum Gasteiger partial charge on any atom is -0.392 e. The molecule has 0 saturated heterocycles. The van der Waals surface area contributed by atoms with Crippen molar-refractivity contribution in [2.45, 2.75) is 39.8 Å². The molecule has 0 atom stereocenters. The fraction of sp³-hybridized carbons (Fsp3) is 0.304. The summed E-state index contributed by atoms with van der Waals surface area (Å²) in [7, 11) is 1.73. The van der Waals surface area contributed by atoms with Crippen LogP contribution >= 0.6 is 0 Å². The van der Waals surface area contributed by atoms with Gasteiger partial charge in [-0.3, -0.25) is 9.59 Å². The number of carbonyl (C=O) groups excluding carboxylic acids is 2. The van der Waals surface area contributed by atoms with Crippen LogP contribution in [-0.2, 0) is 12.1 Å².